The smallest absolute Gasteiger partial charge is 0.268 e. The van der Waals surface area contributed by atoms with Crippen molar-refractivity contribution in [2.24, 2.45) is 10.8 Å². The van der Waals surface area contributed by atoms with Crippen LogP contribution in [0.25, 0.3) is 0 Å². The number of carbonyl (C=O) groups excluding carboxylic acids is 3. The van der Waals surface area contributed by atoms with Crippen molar-refractivity contribution < 1.29 is 14.4 Å². The number of amides is 3. The number of rotatable bonds is 6. The number of hydrazone groups is 1. The van der Waals surface area contributed by atoms with Crippen LogP contribution in [-0.2, 0) is 14.4 Å². The monoisotopic (exact) mass is 434 g/mol. The van der Waals surface area contributed by atoms with E-state index >= 15 is 0 Å². The van der Waals surface area contributed by atoms with E-state index in [1.54, 1.807) is 17.0 Å². The van der Waals surface area contributed by atoms with Gasteiger partial charge in [0.15, 0.2) is 0 Å². The molecule has 4 rings (SSSR count). The van der Waals surface area contributed by atoms with Crippen LogP contribution in [0.5, 0.6) is 0 Å². The zero-order chi connectivity index (χ0) is 22.5. The van der Waals surface area contributed by atoms with E-state index in [9.17, 15) is 14.4 Å². The molecule has 2 aromatic rings. The van der Waals surface area contributed by atoms with Crippen molar-refractivity contribution in [3.8, 4) is 0 Å². The van der Waals surface area contributed by atoms with Gasteiger partial charge in [0.1, 0.15) is 11.8 Å². The summed E-state index contributed by atoms with van der Waals surface area (Å²) < 4.78 is 0. The lowest BCUT2D eigenvalue weighted by Crippen LogP contribution is -2.51. The van der Waals surface area contributed by atoms with Crippen LogP contribution in [0.4, 0.5) is 11.4 Å². The van der Waals surface area contributed by atoms with E-state index < -0.39 is 17.9 Å². The van der Waals surface area contributed by atoms with Gasteiger partial charge in [-0.1, -0.05) is 36.4 Å². The lowest BCUT2D eigenvalue weighted by Gasteiger charge is -2.36. The Labute approximate surface area is 186 Å². The van der Waals surface area contributed by atoms with Crippen LogP contribution in [0, 0.1) is 0 Å². The van der Waals surface area contributed by atoms with Gasteiger partial charge in [-0.05, 0) is 24.3 Å². The molecule has 0 spiro atoms. The molecule has 0 aliphatic carbocycles. The maximum Gasteiger partial charge on any atom is 0.268 e. The summed E-state index contributed by atoms with van der Waals surface area (Å²) in [4.78, 5) is 41.1. The molecule has 2 heterocycles. The summed E-state index contributed by atoms with van der Waals surface area (Å²) >= 11 is 0. The maximum absolute atomic E-state index is 12.6. The highest BCUT2D eigenvalue weighted by Crippen LogP contribution is 2.24. The van der Waals surface area contributed by atoms with E-state index in [4.69, 9.17) is 5.73 Å². The molecule has 1 fully saturated rings. The van der Waals surface area contributed by atoms with E-state index in [1.165, 1.54) is 5.01 Å². The SMILES string of the molecule is NC(=O)C1CC(C(=O)NCC(=O)N2CCN(c3ccccc3)CC2)=NN1c1ccccc1. The summed E-state index contributed by atoms with van der Waals surface area (Å²) in [6, 6.07) is 18.4. The summed E-state index contributed by atoms with van der Waals surface area (Å²) in [5, 5.41) is 8.40. The molecule has 1 atom stereocenters. The van der Waals surface area contributed by atoms with Gasteiger partial charge < -0.3 is 20.9 Å². The Hall–Kier alpha value is -3.88. The zero-order valence-electron chi connectivity index (χ0n) is 17.7. The fourth-order valence-corrected chi connectivity index (χ4v) is 3.91. The van der Waals surface area contributed by atoms with Gasteiger partial charge in [0.2, 0.25) is 11.8 Å². The highest BCUT2D eigenvalue weighted by molar-refractivity contribution is 6.40. The number of para-hydroxylation sites is 2. The molecule has 1 unspecified atom stereocenters. The largest absolute Gasteiger partial charge is 0.368 e. The molecular weight excluding hydrogens is 408 g/mol. The average Bonchev–Trinajstić information content (AvgIpc) is 3.30. The predicted molar refractivity (Wildman–Crippen MR) is 122 cm³/mol. The molecule has 2 aliphatic rings. The third kappa shape index (κ3) is 4.72. The zero-order valence-corrected chi connectivity index (χ0v) is 17.7. The highest BCUT2D eigenvalue weighted by atomic mass is 16.2. The Bertz CT molecular complexity index is 1000. The van der Waals surface area contributed by atoms with Crippen LogP contribution >= 0.6 is 0 Å². The van der Waals surface area contributed by atoms with E-state index in [1.807, 2.05) is 36.4 Å². The predicted octanol–water partition coefficient (Wildman–Crippen LogP) is 0.572. The van der Waals surface area contributed by atoms with Crippen molar-refractivity contribution in [1.82, 2.24) is 10.2 Å². The van der Waals surface area contributed by atoms with Gasteiger partial charge in [-0.3, -0.25) is 19.4 Å². The Morgan fingerprint density at radius 1 is 0.906 bits per heavy atom. The molecule has 3 N–H and O–H groups in total. The standard InChI is InChI=1S/C23H26N6O3/c24-22(31)20-15-19(26-29(20)18-9-5-2-6-10-18)23(32)25-16-21(30)28-13-11-27(12-14-28)17-7-3-1-4-8-17/h1-10,20H,11-16H2,(H2,24,31)(H,25,32). The summed E-state index contributed by atoms with van der Waals surface area (Å²) in [5.41, 5.74) is 7.50. The molecule has 32 heavy (non-hydrogen) atoms. The summed E-state index contributed by atoms with van der Waals surface area (Å²) in [5.74, 6) is -1.17. The Balaban J connectivity index is 1.31. The van der Waals surface area contributed by atoms with Crippen LogP contribution in [0.2, 0.25) is 0 Å². The van der Waals surface area contributed by atoms with Crippen molar-refractivity contribution in [2.75, 3.05) is 42.6 Å². The minimum absolute atomic E-state index is 0.0972. The number of piperazine rings is 1. The van der Waals surface area contributed by atoms with Gasteiger partial charge in [-0.2, -0.15) is 5.10 Å². The van der Waals surface area contributed by atoms with E-state index in [-0.39, 0.29) is 24.6 Å². The van der Waals surface area contributed by atoms with Crippen LogP contribution in [0.1, 0.15) is 6.42 Å². The molecule has 0 aromatic heterocycles. The fraction of sp³-hybridized carbons (Fsp3) is 0.304. The lowest BCUT2D eigenvalue weighted by molar-refractivity contribution is -0.132. The van der Waals surface area contributed by atoms with E-state index in [0.717, 1.165) is 18.8 Å². The Kier molecular flexibility index (Phi) is 6.34. The number of benzene rings is 2. The molecule has 0 saturated carbocycles. The second-order valence-corrected chi connectivity index (χ2v) is 7.74. The number of nitrogens with zero attached hydrogens (tertiary/aromatic N) is 4. The number of carbonyl (C=O) groups is 3. The van der Waals surface area contributed by atoms with E-state index in [2.05, 4.69) is 27.5 Å². The quantitative estimate of drug-likeness (QED) is 0.691. The molecule has 9 nitrogen and oxygen atoms in total. The summed E-state index contributed by atoms with van der Waals surface area (Å²) in [6.07, 6.45) is 0.0972. The van der Waals surface area contributed by atoms with Crippen molar-refractivity contribution >= 4 is 34.8 Å². The molecule has 2 aliphatic heterocycles. The van der Waals surface area contributed by atoms with Crippen LogP contribution in [0.3, 0.4) is 0 Å². The van der Waals surface area contributed by atoms with Crippen molar-refractivity contribution in [2.45, 2.75) is 12.5 Å². The maximum atomic E-state index is 12.6. The molecule has 1 saturated heterocycles. The minimum Gasteiger partial charge on any atom is -0.368 e. The van der Waals surface area contributed by atoms with E-state index in [0.29, 0.717) is 18.8 Å². The first-order chi connectivity index (χ1) is 15.5. The molecule has 2 aromatic carbocycles. The Morgan fingerprint density at radius 3 is 2.09 bits per heavy atom. The lowest BCUT2D eigenvalue weighted by atomic mass is 10.1. The first-order valence-electron chi connectivity index (χ1n) is 10.6. The number of hydrogen-bond acceptors (Lipinski definition) is 6. The number of nitrogens with two attached hydrogens (primary N) is 1. The fourth-order valence-electron chi connectivity index (χ4n) is 3.91. The number of hydrogen-bond donors (Lipinski definition) is 2. The number of anilines is 2. The van der Waals surface area contributed by atoms with Crippen LogP contribution in [-0.4, -0.2) is 67.1 Å². The van der Waals surface area contributed by atoms with Crippen molar-refractivity contribution in [1.29, 1.82) is 0 Å². The molecule has 0 radical (unpaired) electrons. The van der Waals surface area contributed by atoms with Gasteiger partial charge in [0, 0.05) is 38.3 Å². The molecule has 166 valence electrons. The normalized spacial score (nSPS) is 18.3. The van der Waals surface area contributed by atoms with Crippen molar-refractivity contribution in [3.63, 3.8) is 0 Å². The van der Waals surface area contributed by atoms with Gasteiger partial charge in [-0.15, -0.1) is 0 Å². The number of primary amides is 1. The second kappa shape index (κ2) is 9.51. The Morgan fingerprint density at radius 2 is 1.50 bits per heavy atom. The third-order valence-corrected chi connectivity index (χ3v) is 5.68. The summed E-state index contributed by atoms with van der Waals surface area (Å²) in [6.45, 7) is 2.55. The molecule has 0 bridgehead atoms. The first kappa shape index (κ1) is 21.4. The second-order valence-electron chi connectivity index (χ2n) is 7.74. The van der Waals surface area contributed by atoms with Gasteiger partial charge in [0.05, 0.1) is 12.2 Å². The topological polar surface area (TPSA) is 111 Å². The molecule has 3 amide bonds. The molecule has 9 heteroatoms. The number of nitrogens with one attached hydrogen (secondary N) is 1. The van der Waals surface area contributed by atoms with Gasteiger partial charge in [0.25, 0.3) is 5.91 Å². The first-order valence-corrected chi connectivity index (χ1v) is 10.6. The van der Waals surface area contributed by atoms with Gasteiger partial charge in [-0.25, -0.2) is 0 Å². The molecular formula is C23H26N6O3. The van der Waals surface area contributed by atoms with Crippen LogP contribution in [0.15, 0.2) is 65.8 Å². The summed E-state index contributed by atoms with van der Waals surface area (Å²) in [7, 11) is 0. The third-order valence-electron chi connectivity index (χ3n) is 5.68. The van der Waals surface area contributed by atoms with Gasteiger partial charge >= 0.3 is 0 Å². The van der Waals surface area contributed by atoms with Crippen molar-refractivity contribution in [3.05, 3.63) is 60.7 Å². The van der Waals surface area contributed by atoms with Crippen LogP contribution < -0.4 is 21.0 Å². The minimum atomic E-state index is -0.736. The average molecular weight is 435 g/mol. The highest BCUT2D eigenvalue weighted by Gasteiger charge is 2.35.